The van der Waals surface area contributed by atoms with Gasteiger partial charge < -0.3 is 10.6 Å². The van der Waals surface area contributed by atoms with Crippen LogP contribution in [0, 0.1) is 0 Å². The highest BCUT2D eigenvalue weighted by Gasteiger charge is 2.09. The van der Waals surface area contributed by atoms with E-state index in [-0.39, 0.29) is 12.1 Å². The van der Waals surface area contributed by atoms with E-state index in [2.05, 4.69) is 22.8 Å². The molecule has 1 heterocycles. The molecule has 0 aliphatic heterocycles. The first-order valence-corrected chi connectivity index (χ1v) is 7.25. The van der Waals surface area contributed by atoms with Crippen LogP contribution in [0.4, 0.5) is 4.79 Å². The molecular weight excluding hydrogens is 256 g/mol. The van der Waals surface area contributed by atoms with E-state index < -0.39 is 0 Å². The van der Waals surface area contributed by atoms with Crippen LogP contribution in [0.3, 0.4) is 0 Å². The zero-order valence-corrected chi connectivity index (χ0v) is 11.7. The van der Waals surface area contributed by atoms with Crippen molar-refractivity contribution in [1.29, 1.82) is 0 Å². The third kappa shape index (κ3) is 4.41. The van der Waals surface area contributed by atoms with Gasteiger partial charge in [-0.15, -0.1) is 11.3 Å². The van der Waals surface area contributed by atoms with Crippen LogP contribution in [-0.2, 0) is 6.42 Å². The highest BCUT2D eigenvalue weighted by molar-refractivity contribution is 7.10. The fourth-order valence-electron chi connectivity index (χ4n) is 1.82. The lowest BCUT2D eigenvalue weighted by atomic mass is 10.1. The number of nitrogens with one attached hydrogen (secondary N) is 2. The first-order valence-electron chi connectivity index (χ1n) is 6.37. The molecule has 0 saturated heterocycles. The Labute approximate surface area is 117 Å². The highest BCUT2D eigenvalue weighted by atomic mass is 32.1. The molecule has 0 aliphatic rings. The highest BCUT2D eigenvalue weighted by Crippen LogP contribution is 2.17. The van der Waals surface area contributed by atoms with E-state index >= 15 is 0 Å². The van der Waals surface area contributed by atoms with Crippen LogP contribution in [0.25, 0.3) is 0 Å². The first-order chi connectivity index (χ1) is 9.25. The summed E-state index contributed by atoms with van der Waals surface area (Å²) in [6, 6.07) is 14.1. The van der Waals surface area contributed by atoms with E-state index in [1.165, 1.54) is 10.4 Å². The summed E-state index contributed by atoms with van der Waals surface area (Å²) in [4.78, 5) is 12.9. The SMILES string of the molecule is CC(NC(=O)NCCc1ccccc1)c1cccs1. The van der Waals surface area contributed by atoms with Crippen molar-refractivity contribution in [2.45, 2.75) is 19.4 Å². The average molecular weight is 274 g/mol. The molecule has 0 fully saturated rings. The van der Waals surface area contributed by atoms with Gasteiger partial charge in [0.1, 0.15) is 0 Å². The zero-order valence-electron chi connectivity index (χ0n) is 10.9. The summed E-state index contributed by atoms with van der Waals surface area (Å²) in [6.07, 6.45) is 0.849. The molecule has 1 unspecified atom stereocenters. The van der Waals surface area contributed by atoms with Crippen LogP contribution < -0.4 is 10.6 Å². The molecule has 1 aromatic heterocycles. The lowest BCUT2D eigenvalue weighted by Gasteiger charge is -2.13. The maximum atomic E-state index is 11.7. The van der Waals surface area contributed by atoms with Gasteiger partial charge in [0.05, 0.1) is 6.04 Å². The van der Waals surface area contributed by atoms with Crippen molar-refractivity contribution >= 4 is 17.4 Å². The quantitative estimate of drug-likeness (QED) is 0.862. The van der Waals surface area contributed by atoms with Crippen molar-refractivity contribution in [2.24, 2.45) is 0 Å². The van der Waals surface area contributed by atoms with Gasteiger partial charge in [-0.1, -0.05) is 36.4 Å². The predicted octanol–water partition coefficient (Wildman–Crippen LogP) is 3.35. The van der Waals surface area contributed by atoms with Crippen molar-refractivity contribution in [3.63, 3.8) is 0 Å². The Morgan fingerprint density at radius 3 is 2.68 bits per heavy atom. The summed E-state index contributed by atoms with van der Waals surface area (Å²) in [5.41, 5.74) is 1.23. The Kier molecular flexibility index (Phi) is 4.98. The standard InChI is InChI=1S/C15H18N2OS/c1-12(14-8-5-11-19-14)17-15(18)16-10-9-13-6-3-2-4-7-13/h2-8,11-12H,9-10H2,1H3,(H2,16,17,18). The predicted molar refractivity (Wildman–Crippen MR) is 79.4 cm³/mol. The Morgan fingerprint density at radius 2 is 2.00 bits per heavy atom. The lowest BCUT2D eigenvalue weighted by Crippen LogP contribution is -2.37. The Bertz CT molecular complexity index is 496. The molecule has 2 rings (SSSR count). The fourth-order valence-corrected chi connectivity index (χ4v) is 2.56. The lowest BCUT2D eigenvalue weighted by molar-refractivity contribution is 0.238. The third-order valence-corrected chi connectivity index (χ3v) is 3.91. The summed E-state index contributed by atoms with van der Waals surface area (Å²) < 4.78 is 0. The summed E-state index contributed by atoms with van der Waals surface area (Å²) in [5.74, 6) is 0. The van der Waals surface area contributed by atoms with Crippen molar-refractivity contribution in [2.75, 3.05) is 6.54 Å². The summed E-state index contributed by atoms with van der Waals surface area (Å²) in [6.45, 7) is 2.63. The van der Waals surface area contributed by atoms with Gasteiger partial charge >= 0.3 is 6.03 Å². The molecule has 1 aromatic carbocycles. The fraction of sp³-hybridized carbons (Fsp3) is 0.267. The maximum Gasteiger partial charge on any atom is 0.315 e. The van der Waals surface area contributed by atoms with Gasteiger partial charge in [0.2, 0.25) is 0 Å². The van der Waals surface area contributed by atoms with Crippen LogP contribution in [-0.4, -0.2) is 12.6 Å². The smallest absolute Gasteiger partial charge is 0.315 e. The van der Waals surface area contributed by atoms with Crippen LogP contribution >= 0.6 is 11.3 Å². The first kappa shape index (κ1) is 13.6. The van der Waals surface area contributed by atoms with Crippen LogP contribution in [0.2, 0.25) is 0 Å². The topological polar surface area (TPSA) is 41.1 Å². The molecule has 4 heteroatoms. The number of carbonyl (C=O) groups is 1. The minimum atomic E-state index is -0.114. The molecule has 1 atom stereocenters. The number of amides is 2. The van der Waals surface area contributed by atoms with Gasteiger partial charge in [-0.2, -0.15) is 0 Å². The number of carbonyl (C=O) groups excluding carboxylic acids is 1. The Hall–Kier alpha value is -1.81. The largest absolute Gasteiger partial charge is 0.338 e. The molecule has 0 spiro atoms. The molecule has 19 heavy (non-hydrogen) atoms. The van der Waals surface area contributed by atoms with Crippen LogP contribution in [0.5, 0.6) is 0 Å². The number of thiophene rings is 1. The van der Waals surface area contributed by atoms with E-state index in [1.807, 2.05) is 42.6 Å². The third-order valence-electron chi connectivity index (χ3n) is 2.86. The van der Waals surface area contributed by atoms with Crippen molar-refractivity contribution < 1.29 is 4.79 Å². The molecule has 3 nitrogen and oxygen atoms in total. The van der Waals surface area contributed by atoms with Crippen LogP contribution in [0.1, 0.15) is 23.4 Å². The molecule has 100 valence electrons. The van der Waals surface area contributed by atoms with Gasteiger partial charge in [-0.05, 0) is 30.4 Å². The van der Waals surface area contributed by atoms with Gasteiger partial charge in [0, 0.05) is 11.4 Å². The maximum absolute atomic E-state index is 11.7. The second-order valence-corrected chi connectivity index (χ2v) is 5.35. The molecular formula is C15H18N2OS. The van der Waals surface area contributed by atoms with E-state index in [0.717, 1.165) is 6.42 Å². The molecule has 2 N–H and O–H groups in total. The molecule has 2 aromatic rings. The van der Waals surface area contributed by atoms with E-state index in [1.54, 1.807) is 11.3 Å². The van der Waals surface area contributed by atoms with Gasteiger partial charge in [-0.3, -0.25) is 0 Å². The molecule has 2 amide bonds. The number of rotatable bonds is 5. The summed E-state index contributed by atoms with van der Waals surface area (Å²) in [7, 11) is 0. The molecule has 0 saturated carbocycles. The second-order valence-electron chi connectivity index (χ2n) is 4.37. The van der Waals surface area contributed by atoms with Gasteiger partial charge in [0.15, 0.2) is 0 Å². The summed E-state index contributed by atoms with van der Waals surface area (Å²) in [5, 5.41) is 7.82. The number of hydrogen-bond donors (Lipinski definition) is 2. The van der Waals surface area contributed by atoms with Crippen molar-refractivity contribution in [1.82, 2.24) is 10.6 Å². The number of benzene rings is 1. The minimum Gasteiger partial charge on any atom is -0.338 e. The van der Waals surface area contributed by atoms with E-state index in [4.69, 9.17) is 0 Å². The average Bonchev–Trinajstić information content (AvgIpc) is 2.94. The van der Waals surface area contributed by atoms with Crippen molar-refractivity contribution in [3.8, 4) is 0 Å². The van der Waals surface area contributed by atoms with E-state index in [0.29, 0.717) is 6.54 Å². The molecule has 0 radical (unpaired) electrons. The van der Waals surface area contributed by atoms with Gasteiger partial charge in [0.25, 0.3) is 0 Å². The van der Waals surface area contributed by atoms with Gasteiger partial charge in [-0.25, -0.2) is 4.79 Å². The Morgan fingerprint density at radius 1 is 1.21 bits per heavy atom. The Balaban J connectivity index is 1.70. The normalized spacial score (nSPS) is 11.8. The van der Waals surface area contributed by atoms with Crippen molar-refractivity contribution in [3.05, 3.63) is 58.3 Å². The molecule has 0 aliphatic carbocycles. The van der Waals surface area contributed by atoms with Crippen LogP contribution in [0.15, 0.2) is 47.8 Å². The monoisotopic (exact) mass is 274 g/mol. The zero-order chi connectivity index (χ0) is 13.5. The summed E-state index contributed by atoms with van der Waals surface area (Å²) >= 11 is 1.65. The van der Waals surface area contributed by atoms with E-state index in [9.17, 15) is 4.79 Å². The second kappa shape index (κ2) is 6.95. The number of urea groups is 1. The number of hydrogen-bond acceptors (Lipinski definition) is 2. The molecule has 0 bridgehead atoms. The minimum absolute atomic E-state index is 0.0525.